The average Bonchev–Trinajstić information content (AvgIpc) is 2.88. The standard InChI is InChI=1S/C16H13Cl2N3OS/c1-9(15(22)19-12-4-2-3-10(17)7-12)23-16-20-13-6-5-11(18)8-14(13)21-16/h2-9H,1H3,(H,19,22)(H,20,21)/t9-/m1/s1. The lowest BCUT2D eigenvalue weighted by Crippen LogP contribution is -2.22. The number of carbonyl (C=O) groups is 1. The molecule has 0 aliphatic heterocycles. The number of fused-ring (bicyclic) bond motifs is 1. The van der Waals surface area contributed by atoms with E-state index >= 15 is 0 Å². The lowest BCUT2D eigenvalue weighted by molar-refractivity contribution is -0.115. The van der Waals surface area contributed by atoms with Crippen LogP contribution in [0.5, 0.6) is 0 Å². The van der Waals surface area contributed by atoms with E-state index in [0.29, 0.717) is 20.9 Å². The van der Waals surface area contributed by atoms with Crippen molar-refractivity contribution in [2.45, 2.75) is 17.3 Å². The molecule has 23 heavy (non-hydrogen) atoms. The van der Waals surface area contributed by atoms with Crippen molar-refractivity contribution >= 4 is 57.6 Å². The number of nitrogens with zero attached hydrogens (tertiary/aromatic N) is 1. The van der Waals surface area contributed by atoms with E-state index in [2.05, 4.69) is 15.3 Å². The van der Waals surface area contributed by atoms with Crippen LogP contribution >= 0.6 is 35.0 Å². The molecule has 3 rings (SSSR count). The van der Waals surface area contributed by atoms with Crippen LogP contribution in [0.3, 0.4) is 0 Å². The molecule has 1 atom stereocenters. The topological polar surface area (TPSA) is 57.8 Å². The number of aromatic amines is 1. The molecule has 0 radical (unpaired) electrons. The zero-order valence-corrected chi connectivity index (χ0v) is 14.5. The summed E-state index contributed by atoms with van der Waals surface area (Å²) in [5.74, 6) is -0.115. The lowest BCUT2D eigenvalue weighted by Gasteiger charge is -2.10. The van der Waals surface area contributed by atoms with Crippen molar-refractivity contribution in [3.63, 3.8) is 0 Å². The Hall–Kier alpha value is -1.69. The average molecular weight is 366 g/mol. The fraction of sp³-hybridized carbons (Fsp3) is 0.125. The van der Waals surface area contributed by atoms with E-state index in [-0.39, 0.29) is 11.2 Å². The first-order valence-corrected chi connectivity index (χ1v) is 8.53. The molecule has 2 N–H and O–H groups in total. The van der Waals surface area contributed by atoms with Crippen LogP contribution in [0.2, 0.25) is 10.0 Å². The van der Waals surface area contributed by atoms with Crippen molar-refractivity contribution in [1.29, 1.82) is 0 Å². The van der Waals surface area contributed by atoms with Gasteiger partial charge in [0.05, 0.1) is 16.3 Å². The normalized spacial score (nSPS) is 12.3. The first-order chi connectivity index (χ1) is 11.0. The minimum atomic E-state index is -0.315. The van der Waals surface area contributed by atoms with Crippen molar-refractivity contribution in [2.75, 3.05) is 5.32 Å². The number of hydrogen-bond acceptors (Lipinski definition) is 3. The Kier molecular flexibility index (Phi) is 4.80. The van der Waals surface area contributed by atoms with E-state index in [9.17, 15) is 4.79 Å². The Balaban J connectivity index is 1.69. The summed E-state index contributed by atoms with van der Waals surface area (Å²) in [7, 11) is 0. The van der Waals surface area contributed by atoms with Crippen LogP contribution in [-0.2, 0) is 4.79 Å². The third kappa shape index (κ3) is 3.99. The molecule has 1 aromatic heterocycles. The molecule has 0 bridgehead atoms. The molecule has 118 valence electrons. The summed E-state index contributed by atoms with van der Waals surface area (Å²) >= 11 is 13.2. The van der Waals surface area contributed by atoms with Gasteiger partial charge < -0.3 is 10.3 Å². The van der Waals surface area contributed by atoms with Crippen LogP contribution in [0, 0.1) is 0 Å². The van der Waals surface area contributed by atoms with Gasteiger partial charge in [0.15, 0.2) is 5.16 Å². The minimum absolute atomic E-state index is 0.115. The Morgan fingerprint density at radius 1 is 1.22 bits per heavy atom. The van der Waals surface area contributed by atoms with Crippen molar-refractivity contribution < 1.29 is 4.79 Å². The van der Waals surface area contributed by atoms with Crippen LogP contribution in [-0.4, -0.2) is 21.1 Å². The van der Waals surface area contributed by atoms with E-state index in [1.54, 1.807) is 30.3 Å². The highest BCUT2D eigenvalue weighted by atomic mass is 35.5. The second-order valence-electron chi connectivity index (χ2n) is 4.96. The van der Waals surface area contributed by atoms with Gasteiger partial charge in [-0.05, 0) is 43.3 Å². The first-order valence-electron chi connectivity index (χ1n) is 6.89. The predicted octanol–water partition coefficient (Wildman–Crippen LogP) is 4.99. The molecule has 3 aromatic rings. The van der Waals surface area contributed by atoms with Gasteiger partial charge in [0, 0.05) is 15.7 Å². The number of thioether (sulfide) groups is 1. The number of rotatable bonds is 4. The maximum absolute atomic E-state index is 12.3. The summed E-state index contributed by atoms with van der Waals surface area (Å²) in [5.41, 5.74) is 2.34. The number of anilines is 1. The zero-order valence-electron chi connectivity index (χ0n) is 12.1. The van der Waals surface area contributed by atoms with Gasteiger partial charge in [0.25, 0.3) is 0 Å². The molecule has 0 aliphatic carbocycles. The summed E-state index contributed by atoms with van der Waals surface area (Å²) in [4.78, 5) is 19.9. The molecule has 2 aromatic carbocycles. The van der Waals surface area contributed by atoms with E-state index in [1.807, 2.05) is 19.1 Å². The van der Waals surface area contributed by atoms with Gasteiger partial charge in [0.1, 0.15) is 0 Å². The number of aromatic nitrogens is 2. The number of benzene rings is 2. The maximum atomic E-state index is 12.3. The smallest absolute Gasteiger partial charge is 0.237 e. The number of imidazole rings is 1. The molecule has 1 heterocycles. The van der Waals surface area contributed by atoms with Gasteiger partial charge in [-0.2, -0.15) is 0 Å². The molecule has 0 fully saturated rings. The quantitative estimate of drug-likeness (QED) is 0.640. The molecular weight excluding hydrogens is 353 g/mol. The highest BCUT2D eigenvalue weighted by Gasteiger charge is 2.17. The van der Waals surface area contributed by atoms with Gasteiger partial charge in [0.2, 0.25) is 5.91 Å². The second kappa shape index (κ2) is 6.83. The molecule has 4 nitrogen and oxygen atoms in total. The third-order valence-electron chi connectivity index (χ3n) is 3.17. The van der Waals surface area contributed by atoms with Gasteiger partial charge in [-0.25, -0.2) is 4.98 Å². The van der Waals surface area contributed by atoms with Gasteiger partial charge in [-0.3, -0.25) is 4.79 Å². The molecule has 0 aliphatic rings. The fourth-order valence-electron chi connectivity index (χ4n) is 2.05. The van der Waals surface area contributed by atoms with Crippen molar-refractivity contribution in [2.24, 2.45) is 0 Å². The summed E-state index contributed by atoms with van der Waals surface area (Å²) < 4.78 is 0. The highest BCUT2D eigenvalue weighted by molar-refractivity contribution is 8.00. The SMILES string of the molecule is C[C@@H](Sc1nc2ccc(Cl)cc2[nH]1)C(=O)Nc1cccc(Cl)c1. The van der Waals surface area contributed by atoms with Crippen molar-refractivity contribution in [3.8, 4) is 0 Å². The van der Waals surface area contributed by atoms with E-state index < -0.39 is 0 Å². The highest BCUT2D eigenvalue weighted by Crippen LogP contribution is 2.26. The van der Waals surface area contributed by atoms with Crippen LogP contribution < -0.4 is 5.32 Å². The number of nitrogens with one attached hydrogen (secondary N) is 2. The van der Waals surface area contributed by atoms with Crippen molar-refractivity contribution in [1.82, 2.24) is 9.97 Å². The molecule has 0 saturated carbocycles. The maximum Gasteiger partial charge on any atom is 0.237 e. The Morgan fingerprint density at radius 2 is 2.00 bits per heavy atom. The van der Waals surface area contributed by atoms with Crippen LogP contribution in [0.25, 0.3) is 11.0 Å². The summed E-state index contributed by atoms with van der Waals surface area (Å²) in [6.07, 6.45) is 0. The molecule has 0 saturated heterocycles. The number of H-pyrrole nitrogens is 1. The predicted molar refractivity (Wildman–Crippen MR) is 96.5 cm³/mol. The Labute approximate surface area is 147 Å². The third-order valence-corrected chi connectivity index (χ3v) is 4.63. The minimum Gasteiger partial charge on any atom is -0.333 e. The Bertz CT molecular complexity index is 865. The Morgan fingerprint density at radius 3 is 2.78 bits per heavy atom. The van der Waals surface area contributed by atoms with Gasteiger partial charge in [-0.15, -0.1) is 0 Å². The number of amides is 1. The number of halogens is 2. The summed E-state index contributed by atoms with van der Waals surface area (Å²) in [5, 5.41) is 4.42. The van der Waals surface area contributed by atoms with Crippen LogP contribution in [0.1, 0.15) is 6.92 Å². The number of hydrogen-bond donors (Lipinski definition) is 2. The second-order valence-corrected chi connectivity index (χ2v) is 7.17. The molecular formula is C16H13Cl2N3OS. The summed E-state index contributed by atoms with van der Waals surface area (Å²) in [6, 6.07) is 12.5. The molecule has 0 unspecified atom stereocenters. The molecule has 0 spiro atoms. The van der Waals surface area contributed by atoms with E-state index in [1.165, 1.54) is 11.8 Å². The monoisotopic (exact) mass is 365 g/mol. The molecule has 7 heteroatoms. The van der Waals surface area contributed by atoms with Crippen LogP contribution in [0.4, 0.5) is 5.69 Å². The first kappa shape index (κ1) is 16.2. The zero-order chi connectivity index (χ0) is 16.4. The fourth-order valence-corrected chi connectivity index (χ4v) is 3.23. The lowest BCUT2D eigenvalue weighted by atomic mass is 10.3. The molecule has 1 amide bonds. The summed E-state index contributed by atoms with van der Waals surface area (Å²) in [6.45, 7) is 1.82. The largest absolute Gasteiger partial charge is 0.333 e. The van der Waals surface area contributed by atoms with Gasteiger partial charge in [-0.1, -0.05) is 41.0 Å². The van der Waals surface area contributed by atoms with E-state index in [4.69, 9.17) is 23.2 Å². The van der Waals surface area contributed by atoms with Crippen molar-refractivity contribution in [3.05, 3.63) is 52.5 Å². The van der Waals surface area contributed by atoms with Gasteiger partial charge >= 0.3 is 0 Å². The van der Waals surface area contributed by atoms with Crippen LogP contribution in [0.15, 0.2) is 47.6 Å². The van der Waals surface area contributed by atoms with E-state index in [0.717, 1.165) is 11.0 Å². The number of carbonyl (C=O) groups excluding carboxylic acids is 1.